The second-order valence-electron chi connectivity index (χ2n) is 6.36. The number of aromatic nitrogens is 1. The van der Waals surface area contributed by atoms with Gasteiger partial charge in [0.15, 0.2) is 0 Å². The Kier molecular flexibility index (Phi) is 3.10. The molecule has 1 aliphatic carbocycles. The second-order valence-corrected chi connectivity index (χ2v) is 7.31. The average Bonchev–Trinajstić information content (AvgIpc) is 2.46. The maximum atomic E-state index is 6.24. The Balaban J connectivity index is 1.97. The minimum Gasteiger partial charge on any atom is -0.325 e. The first-order chi connectivity index (χ1) is 7.36. The Bertz CT molecular complexity index is 358. The third-order valence-electron chi connectivity index (χ3n) is 3.16. The molecule has 1 heterocycles. The van der Waals surface area contributed by atoms with Gasteiger partial charge in [0, 0.05) is 23.8 Å². The van der Waals surface area contributed by atoms with Gasteiger partial charge in [0.2, 0.25) is 0 Å². The lowest BCUT2D eigenvalue weighted by Crippen LogP contribution is -2.48. The van der Waals surface area contributed by atoms with E-state index in [2.05, 4.69) is 26.2 Å². The molecule has 0 bridgehead atoms. The van der Waals surface area contributed by atoms with Crippen LogP contribution in [0, 0.1) is 5.41 Å². The van der Waals surface area contributed by atoms with E-state index in [9.17, 15) is 0 Å². The molecule has 2 N–H and O–H groups in total. The zero-order valence-corrected chi connectivity index (χ0v) is 11.4. The molecule has 0 amide bonds. The number of nitrogens with zero attached hydrogens (tertiary/aromatic N) is 1. The van der Waals surface area contributed by atoms with Crippen LogP contribution in [0.15, 0.2) is 5.38 Å². The summed E-state index contributed by atoms with van der Waals surface area (Å²) in [5, 5.41) is 3.44. The standard InChI is InChI=1S/C13H22N2S/c1-12(2,3)8-11-15-10(9-16-11)7-13(14)5-4-6-13/h9H,4-8,14H2,1-3H3. The molecule has 0 atom stereocenters. The highest BCUT2D eigenvalue weighted by molar-refractivity contribution is 7.09. The minimum atomic E-state index is 0.0626. The summed E-state index contributed by atoms with van der Waals surface area (Å²) in [6.45, 7) is 6.76. The highest BCUT2D eigenvalue weighted by atomic mass is 32.1. The van der Waals surface area contributed by atoms with E-state index in [1.807, 2.05) is 0 Å². The second kappa shape index (κ2) is 4.11. The number of hydrogen-bond donors (Lipinski definition) is 1. The highest BCUT2D eigenvalue weighted by Gasteiger charge is 2.33. The summed E-state index contributed by atoms with van der Waals surface area (Å²) in [7, 11) is 0. The number of hydrogen-bond acceptors (Lipinski definition) is 3. The summed E-state index contributed by atoms with van der Waals surface area (Å²) >= 11 is 1.79. The van der Waals surface area contributed by atoms with Gasteiger partial charge in [0.1, 0.15) is 0 Å². The summed E-state index contributed by atoms with van der Waals surface area (Å²) in [6.07, 6.45) is 5.65. The molecular weight excluding hydrogens is 216 g/mol. The van der Waals surface area contributed by atoms with Gasteiger partial charge < -0.3 is 5.73 Å². The van der Waals surface area contributed by atoms with Crippen LogP contribution in [0.1, 0.15) is 50.7 Å². The fourth-order valence-electron chi connectivity index (χ4n) is 2.13. The van der Waals surface area contributed by atoms with Gasteiger partial charge in [0.25, 0.3) is 0 Å². The summed E-state index contributed by atoms with van der Waals surface area (Å²) in [5.41, 5.74) is 7.82. The molecule has 1 aromatic heterocycles. The van der Waals surface area contributed by atoms with Crippen LogP contribution >= 0.6 is 11.3 Å². The average molecular weight is 238 g/mol. The van der Waals surface area contributed by atoms with E-state index >= 15 is 0 Å². The Morgan fingerprint density at radius 1 is 1.44 bits per heavy atom. The molecule has 2 nitrogen and oxygen atoms in total. The van der Waals surface area contributed by atoms with E-state index in [1.54, 1.807) is 11.3 Å². The van der Waals surface area contributed by atoms with Crippen LogP contribution in [-0.4, -0.2) is 10.5 Å². The summed E-state index contributed by atoms with van der Waals surface area (Å²) < 4.78 is 0. The van der Waals surface area contributed by atoms with Crippen LogP contribution in [-0.2, 0) is 12.8 Å². The first-order valence-corrected chi connectivity index (χ1v) is 6.97. The van der Waals surface area contributed by atoms with Crippen molar-refractivity contribution in [3.8, 4) is 0 Å². The molecule has 0 saturated heterocycles. The van der Waals surface area contributed by atoms with Crippen LogP contribution in [0.4, 0.5) is 0 Å². The monoisotopic (exact) mass is 238 g/mol. The lowest BCUT2D eigenvalue weighted by atomic mass is 9.75. The number of rotatable bonds is 3. The van der Waals surface area contributed by atoms with Crippen molar-refractivity contribution in [2.24, 2.45) is 11.1 Å². The van der Waals surface area contributed by atoms with Crippen molar-refractivity contribution in [3.63, 3.8) is 0 Å². The molecule has 90 valence electrons. The normalized spacial score (nSPS) is 19.5. The van der Waals surface area contributed by atoms with Gasteiger partial charge in [-0.3, -0.25) is 0 Å². The van der Waals surface area contributed by atoms with Gasteiger partial charge >= 0.3 is 0 Å². The maximum Gasteiger partial charge on any atom is 0.0933 e. The Labute approximate surface area is 102 Å². The summed E-state index contributed by atoms with van der Waals surface area (Å²) in [5.74, 6) is 0. The molecule has 0 unspecified atom stereocenters. The molecule has 0 radical (unpaired) electrons. The number of thiazole rings is 1. The third kappa shape index (κ3) is 3.05. The smallest absolute Gasteiger partial charge is 0.0933 e. The van der Waals surface area contributed by atoms with E-state index in [4.69, 9.17) is 10.7 Å². The van der Waals surface area contributed by atoms with Gasteiger partial charge in [-0.1, -0.05) is 20.8 Å². The number of nitrogens with two attached hydrogens (primary N) is 1. The van der Waals surface area contributed by atoms with Crippen LogP contribution < -0.4 is 5.73 Å². The van der Waals surface area contributed by atoms with Gasteiger partial charge in [-0.25, -0.2) is 4.98 Å². The first kappa shape index (κ1) is 12.1. The molecule has 16 heavy (non-hydrogen) atoms. The minimum absolute atomic E-state index is 0.0626. The predicted octanol–water partition coefficient (Wildman–Crippen LogP) is 3.16. The van der Waals surface area contributed by atoms with Crippen molar-refractivity contribution in [2.75, 3.05) is 0 Å². The Hall–Kier alpha value is -0.410. The van der Waals surface area contributed by atoms with Crippen molar-refractivity contribution < 1.29 is 0 Å². The predicted molar refractivity (Wildman–Crippen MR) is 69.7 cm³/mol. The van der Waals surface area contributed by atoms with Crippen LogP contribution in [0.3, 0.4) is 0 Å². The van der Waals surface area contributed by atoms with E-state index in [-0.39, 0.29) is 5.54 Å². The fourth-order valence-corrected chi connectivity index (χ4v) is 3.23. The first-order valence-electron chi connectivity index (χ1n) is 6.09. The van der Waals surface area contributed by atoms with Crippen LogP contribution in [0.25, 0.3) is 0 Å². The van der Waals surface area contributed by atoms with E-state index in [1.165, 1.54) is 30.0 Å². The molecule has 1 saturated carbocycles. The Morgan fingerprint density at radius 2 is 2.12 bits per heavy atom. The van der Waals surface area contributed by atoms with Gasteiger partial charge in [-0.15, -0.1) is 11.3 Å². The summed E-state index contributed by atoms with van der Waals surface area (Å²) in [4.78, 5) is 4.70. The van der Waals surface area contributed by atoms with E-state index in [0.29, 0.717) is 5.41 Å². The van der Waals surface area contributed by atoms with Crippen molar-refractivity contribution in [2.45, 2.75) is 58.4 Å². The molecule has 0 aliphatic heterocycles. The quantitative estimate of drug-likeness (QED) is 0.878. The van der Waals surface area contributed by atoms with Crippen LogP contribution in [0.5, 0.6) is 0 Å². The van der Waals surface area contributed by atoms with Gasteiger partial charge in [-0.2, -0.15) is 0 Å². The molecule has 1 aliphatic rings. The van der Waals surface area contributed by atoms with Crippen LogP contribution in [0.2, 0.25) is 0 Å². The van der Waals surface area contributed by atoms with E-state index < -0.39 is 0 Å². The van der Waals surface area contributed by atoms with Crippen molar-refractivity contribution >= 4 is 11.3 Å². The molecule has 0 aromatic carbocycles. The largest absolute Gasteiger partial charge is 0.325 e. The Morgan fingerprint density at radius 3 is 2.62 bits per heavy atom. The molecule has 1 aromatic rings. The maximum absolute atomic E-state index is 6.24. The van der Waals surface area contributed by atoms with Crippen molar-refractivity contribution in [1.29, 1.82) is 0 Å². The summed E-state index contributed by atoms with van der Waals surface area (Å²) in [6, 6.07) is 0. The van der Waals surface area contributed by atoms with Crippen molar-refractivity contribution in [1.82, 2.24) is 4.98 Å². The lowest BCUT2D eigenvalue weighted by Gasteiger charge is -2.37. The molecular formula is C13H22N2S. The zero-order chi connectivity index (χ0) is 11.8. The molecule has 3 heteroatoms. The van der Waals surface area contributed by atoms with Gasteiger partial charge in [-0.05, 0) is 24.7 Å². The SMILES string of the molecule is CC(C)(C)Cc1nc(CC2(N)CCC2)cs1. The molecule has 1 fully saturated rings. The fraction of sp³-hybridized carbons (Fsp3) is 0.769. The highest BCUT2D eigenvalue weighted by Crippen LogP contribution is 2.33. The lowest BCUT2D eigenvalue weighted by molar-refractivity contribution is 0.245. The third-order valence-corrected chi connectivity index (χ3v) is 4.06. The molecule has 0 spiro atoms. The topological polar surface area (TPSA) is 38.9 Å². The zero-order valence-electron chi connectivity index (χ0n) is 10.5. The van der Waals surface area contributed by atoms with E-state index in [0.717, 1.165) is 12.8 Å². The molecule has 2 rings (SSSR count). The van der Waals surface area contributed by atoms with Crippen molar-refractivity contribution in [3.05, 3.63) is 16.1 Å². The van der Waals surface area contributed by atoms with Gasteiger partial charge in [0.05, 0.1) is 10.7 Å².